The van der Waals surface area contributed by atoms with Crippen molar-refractivity contribution in [2.75, 3.05) is 6.61 Å². The zero-order chi connectivity index (χ0) is 16.8. The maximum atomic E-state index is 12.2. The van der Waals surface area contributed by atoms with Gasteiger partial charge in [-0.15, -0.1) is 0 Å². The van der Waals surface area contributed by atoms with Gasteiger partial charge in [-0.05, 0) is 43.5 Å². The summed E-state index contributed by atoms with van der Waals surface area (Å²) in [6, 6.07) is 15.9. The molecule has 0 aromatic heterocycles. The summed E-state index contributed by atoms with van der Waals surface area (Å²) in [4.78, 5) is 12.2. The number of benzene rings is 2. The summed E-state index contributed by atoms with van der Waals surface area (Å²) in [7, 11) is 0. The van der Waals surface area contributed by atoms with Crippen LogP contribution in [0.1, 0.15) is 41.3 Å². The second-order valence-corrected chi connectivity index (χ2v) is 5.98. The summed E-state index contributed by atoms with van der Waals surface area (Å²) in [5.41, 5.74) is 2.68. The van der Waals surface area contributed by atoms with Crippen LogP contribution in [0.5, 0.6) is 5.75 Å². The summed E-state index contributed by atoms with van der Waals surface area (Å²) < 4.78 is 11.5. The van der Waals surface area contributed by atoms with E-state index < -0.39 is 0 Å². The van der Waals surface area contributed by atoms with E-state index >= 15 is 0 Å². The Hall–Kier alpha value is -2.33. The van der Waals surface area contributed by atoms with Crippen molar-refractivity contribution >= 4 is 5.91 Å². The minimum atomic E-state index is -0.0233. The van der Waals surface area contributed by atoms with Gasteiger partial charge in [0.1, 0.15) is 5.75 Å². The van der Waals surface area contributed by atoms with Crippen molar-refractivity contribution in [3.8, 4) is 5.75 Å². The molecule has 126 valence electrons. The van der Waals surface area contributed by atoms with E-state index in [9.17, 15) is 4.79 Å². The average Bonchev–Trinajstić information content (AvgIpc) is 3.41. The molecule has 1 saturated carbocycles. The van der Waals surface area contributed by atoms with Crippen molar-refractivity contribution in [1.82, 2.24) is 5.32 Å². The SMILES string of the molecule is CCOc1ccc(C(=O)NC2CC2)cc1COCc1ccccc1. The largest absolute Gasteiger partial charge is 0.494 e. The van der Waals surface area contributed by atoms with Crippen LogP contribution < -0.4 is 10.1 Å². The number of carbonyl (C=O) groups is 1. The van der Waals surface area contributed by atoms with Gasteiger partial charge < -0.3 is 14.8 Å². The second kappa shape index (κ2) is 7.97. The van der Waals surface area contributed by atoms with Crippen LogP contribution in [0.2, 0.25) is 0 Å². The third-order valence-corrected chi connectivity index (χ3v) is 3.90. The van der Waals surface area contributed by atoms with Crippen molar-refractivity contribution in [3.63, 3.8) is 0 Å². The molecule has 2 aromatic carbocycles. The minimum absolute atomic E-state index is 0.0233. The van der Waals surface area contributed by atoms with Crippen LogP contribution >= 0.6 is 0 Å². The predicted octanol–water partition coefficient (Wildman–Crippen LogP) is 3.69. The van der Waals surface area contributed by atoms with Crippen LogP contribution in [0.4, 0.5) is 0 Å². The smallest absolute Gasteiger partial charge is 0.251 e. The number of ether oxygens (including phenoxy) is 2. The van der Waals surface area contributed by atoms with Gasteiger partial charge in [-0.3, -0.25) is 4.79 Å². The fraction of sp³-hybridized carbons (Fsp3) is 0.350. The van der Waals surface area contributed by atoms with E-state index in [2.05, 4.69) is 5.32 Å². The van der Waals surface area contributed by atoms with Gasteiger partial charge in [0.15, 0.2) is 0 Å². The molecule has 1 N–H and O–H groups in total. The van der Waals surface area contributed by atoms with E-state index in [4.69, 9.17) is 9.47 Å². The highest BCUT2D eigenvalue weighted by Crippen LogP contribution is 2.23. The number of amides is 1. The van der Waals surface area contributed by atoms with E-state index in [0.29, 0.717) is 31.4 Å². The molecule has 1 aliphatic carbocycles. The molecule has 1 aliphatic rings. The fourth-order valence-corrected chi connectivity index (χ4v) is 2.48. The van der Waals surface area contributed by atoms with Crippen molar-refractivity contribution in [2.45, 2.75) is 39.0 Å². The molecule has 0 aliphatic heterocycles. The van der Waals surface area contributed by atoms with Gasteiger partial charge >= 0.3 is 0 Å². The van der Waals surface area contributed by atoms with Gasteiger partial charge in [0.25, 0.3) is 5.91 Å². The fourth-order valence-electron chi connectivity index (χ4n) is 2.48. The summed E-state index contributed by atoms with van der Waals surface area (Å²) in [5, 5.41) is 3.01. The standard InChI is InChI=1S/C20H23NO3/c1-2-24-19-11-8-16(20(22)21-18-9-10-18)12-17(19)14-23-13-15-6-4-3-5-7-15/h3-8,11-12,18H,2,9-10,13-14H2,1H3,(H,21,22). The maximum absolute atomic E-state index is 12.2. The van der Waals surface area contributed by atoms with Gasteiger partial charge in [-0.1, -0.05) is 30.3 Å². The first-order valence-corrected chi connectivity index (χ1v) is 8.44. The highest BCUT2D eigenvalue weighted by atomic mass is 16.5. The van der Waals surface area contributed by atoms with Gasteiger partial charge in [-0.2, -0.15) is 0 Å². The molecule has 4 heteroatoms. The van der Waals surface area contributed by atoms with E-state index in [-0.39, 0.29) is 5.91 Å². The Morgan fingerprint density at radius 3 is 2.62 bits per heavy atom. The number of hydrogen-bond donors (Lipinski definition) is 1. The third kappa shape index (κ3) is 4.59. The zero-order valence-electron chi connectivity index (χ0n) is 14.0. The Morgan fingerprint density at radius 1 is 1.12 bits per heavy atom. The van der Waals surface area contributed by atoms with Crippen LogP contribution in [0.25, 0.3) is 0 Å². The Balaban J connectivity index is 1.66. The van der Waals surface area contributed by atoms with Crippen molar-refractivity contribution < 1.29 is 14.3 Å². The summed E-state index contributed by atoms with van der Waals surface area (Å²) in [6.07, 6.45) is 2.16. The molecule has 0 radical (unpaired) electrons. The van der Waals surface area contributed by atoms with Crippen LogP contribution in [-0.4, -0.2) is 18.6 Å². The molecule has 2 aromatic rings. The molecule has 0 heterocycles. The monoisotopic (exact) mass is 325 g/mol. The lowest BCUT2D eigenvalue weighted by Gasteiger charge is -2.13. The van der Waals surface area contributed by atoms with Crippen molar-refractivity contribution in [3.05, 3.63) is 65.2 Å². The molecule has 1 fully saturated rings. The Morgan fingerprint density at radius 2 is 1.92 bits per heavy atom. The van der Waals surface area contributed by atoms with Crippen LogP contribution in [0, 0.1) is 0 Å². The van der Waals surface area contributed by atoms with Gasteiger partial charge in [0.05, 0.1) is 19.8 Å². The van der Waals surface area contributed by atoms with E-state index in [1.165, 1.54) is 0 Å². The molecule has 1 amide bonds. The Kier molecular flexibility index (Phi) is 5.49. The number of carbonyl (C=O) groups excluding carboxylic acids is 1. The topological polar surface area (TPSA) is 47.6 Å². The third-order valence-electron chi connectivity index (χ3n) is 3.90. The Labute approximate surface area is 142 Å². The quantitative estimate of drug-likeness (QED) is 0.805. The lowest BCUT2D eigenvalue weighted by Crippen LogP contribution is -2.25. The molecule has 0 bridgehead atoms. The number of rotatable bonds is 8. The first kappa shape index (κ1) is 16.5. The molecule has 0 spiro atoms. The first-order valence-electron chi connectivity index (χ1n) is 8.44. The lowest BCUT2D eigenvalue weighted by molar-refractivity contribution is 0.0948. The summed E-state index contributed by atoms with van der Waals surface area (Å²) >= 11 is 0. The molecular weight excluding hydrogens is 302 g/mol. The normalized spacial score (nSPS) is 13.5. The molecule has 4 nitrogen and oxygen atoms in total. The highest BCUT2D eigenvalue weighted by Gasteiger charge is 2.24. The van der Waals surface area contributed by atoms with Crippen LogP contribution in [0.3, 0.4) is 0 Å². The van der Waals surface area contributed by atoms with Gasteiger partial charge in [0, 0.05) is 17.2 Å². The second-order valence-electron chi connectivity index (χ2n) is 5.98. The van der Waals surface area contributed by atoms with E-state index in [1.54, 1.807) is 0 Å². The molecular formula is C20H23NO3. The zero-order valence-corrected chi connectivity index (χ0v) is 14.0. The molecule has 0 saturated heterocycles. The lowest BCUT2D eigenvalue weighted by atomic mass is 10.1. The van der Waals surface area contributed by atoms with Crippen molar-refractivity contribution in [1.29, 1.82) is 0 Å². The van der Waals surface area contributed by atoms with Gasteiger partial charge in [0.2, 0.25) is 0 Å². The molecule has 0 unspecified atom stereocenters. The van der Waals surface area contributed by atoms with E-state index in [1.807, 2.05) is 55.5 Å². The molecule has 0 atom stereocenters. The minimum Gasteiger partial charge on any atom is -0.494 e. The highest BCUT2D eigenvalue weighted by molar-refractivity contribution is 5.95. The first-order chi connectivity index (χ1) is 11.8. The van der Waals surface area contributed by atoms with Gasteiger partial charge in [-0.25, -0.2) is 0 Å². The number of nitrogens with one attached hydrogen (secondary N) is 1. The van der Waals surface area contributed by atoms with E-state index in [0.717, 1.165) is 29.7 Å². The summed E-state index contributed by atoms with van der Waals surface area (Å²) in [5.74, 6) is 0.749. The number of hydrogen-bond acceptors (Lipinski definition) is 3. The average molecular weight is 325 g/mol. The van der Waals surface area contributed by atoms with Crippen LogP contribution in [-0.2, 0) is 18.0 Å². The van der Waals surface area contributed by atoms with Crippen LogP contribution in [0.15, 0.2) is 48.5 Å². The maximum Gasteiger partial charge on any atom is 0.251 e. The molecule has 24 heavy (non-hydrogen) atoms. The Bertz CT molecular complexity index is 681. The van der Waals surface area contributed by atoms with Crippen molar-refractivity contribution in [2.24, 2.45) is 0 Å². The summed E-state index contributed by atoms with van der Waals surface area (Å²) in [6.45, 7) is 3.47. The predicted molar refractivity (Wildman–Crippen MR) is 93.0 cm³/mol. The molecule has 3 rings (SSSR count).